The van der Waals surface area contributed by atoms with E-state index < -0.39 is 0 Å². The molecule has 0 bridgehead atoms. The van der Waals surface area contributed by atoms with Gasteiger partial charge in [0.2, 0.25) is 5.91 Å². The first kappa shape index (κ1) is 18.0. The summed E-state index contributed by atoms with van der Waals surface area (Å²) in [6, 6.07) is 9.86. The molecule has 0 aliphatic carbocycles. The van der Waals surface area contributed by atoms with E-state index in [-0.39, 0.29) is 11.9 Å². The van der Waals surface area contributed by atoms with Gasteiger partial charge in [-0.15, -0.1) is 5.10 Å². The Morgan fingerprint density at radius 3 is 2.88 bits per heavy atom. The number of hydrogen-bond donors (Lipinski definition) is 1. The number of nitrogens with zero attached hydrogens (tertiary/aromatic N) is 3. The minimum atomic E-state index is 0.101. The Labute approximate surface area is 143 Å². The number of aryl methyl sites for hydroxylation is 1. The number of carbonyl (C=O) groups excluding carboxylic acids is 1. The van der Waals surface area contributed by atoms with Gasteiger partial charge in [-0.2, -0.15) is 0 Å². The lowest BCUT2D eigenvalue weighted by atomic mass is 10.2. The molecule has 0 fully saturated rings. The van der Waals surface area contributed by atoms with Crippen LogP contribution in [0.3, 0.4) is 0 Å². The Morgan fingerprint density at radius 2 is 2.12 bits per heavy atom. The Bertz CT molecular complexity index is 612. The van der Waals surface area contributed by atoms with E-state index in [1.165, 1.54) is 0 Å². The number of rotatable bonds is 10. The van der Waals surface area contributed by atoms with E-state index in [2.05, 4.69) is 22.6 Å². The highest BCUT2D eigenvalue weighted by atomic mass is 16.5. The van der Waals surface area contributed by atoms with E-state index in [0.29, 0.717) is 19.6 Å². The molecule has 0 unspecified atom stereocenters. The van der Waals surface area contributed by atoms with Gasteiger partial charge in [0, 0.05) is 19.0 Å². The Morgan fingerprint density at radius 1 is 1.33 bits per heavy atom. The molecule has 6 heteroatoms. The zero-order chi connectivity index (χ0) is 17.2. The molecule has 0 saturated carbocycles. The van der Waals surface area contributed by atoms with Crippen molar-refractivity contribution in [2.45, 2.75) is 58.7 Å². The van der Waals surface area contributed by atoms with Crippen molar-refractivity contribution >= 4 is 5.91 Å². The van der Waals surface area contributed by atoms with Gasteiger partial charge in [0.1, 0.15) is 18.1 Å². The van der Waals surface area contributed by atoms with E-state index in [1.807, 2.05) is 43.5 Å². The molecular formula is C18H26N4O2. The molecule has 0 spiro atoms. The highest BCUT2D eigenvalue weighted by Gasteiger charge is 2.07. The first-order chi connectivity index (χ1) is 11.7. The first-order valence-corrected chi connectivity index (χ1v) is 8.53. The van der Waals surface area contributed by atoms with Crippen molar-refractivity contribution < 1.29 is 9.53 Å². The van der Waals surface area contributed by atoms with Gasteiger partial charge in [-0.1, -0.05) is 36.8 Å². The van der Waals surface area contributed by atoms with E-state index >= 15 is 0 Å². The minimum Gasteiger partial charge on any atom is -0.487 e. The fraction of sp³-hybridized carbons (Fsp3) is 0.500. The molecule has 2 rings (SSSR count). The van der Waals surface area contributed by atoms with Crippen molar-refractivity contribution in [1.29, 1.82) is 0 Å². The third-order valence-electron chi connectivity index (χ3n) is 3.64. The SMILES string of the molecule is CCC[C@H](C)NC(=O)CCCn1cc(COc2ccccc2)nn1. The van der Waals surface area contributed by atoms with Gasteiger partial charge in [-0.3, -0.25) is 9.48 Å². The maximum Gasteiger partial charge on any atom is 0.220 e. The van der Waals surface area contributed by atoms with Crippen LogP contribution in [0.15, 0.2) is 36.5 Å². The van der Waals surface area contributed by atoms with Crippen LogP contribution in [0.2, 0.25) is 0 Å². The van der Waals surface area contributed by atoms with Crippen LogP contribution in [0.4, 0.5) is 0 Å². The Hall–Kier alpha value is -2.37. The second-order valence-corrected chi connectivity index (χ2v) is 5.94. The number of ether oxygens (including phenoxy) is 1. The summed E-state index contributed by atoms with van der Waals surface area (Å²) >= 11 is 0. The van der Waals surface area contributed by atoms with Gasteiger partial charge < -0.3 is 10.1 Å². The third kappa shape index (κ3) is 6.40. The number of benzene rings is 1. The van der Waals surface area contributed by atoms with Crippen LogP contribution in [0.25, 0.3) is 0 Å². The van der Waals surface area contributed by atoms with E-state index in [4.69, 9.17) is 4.74 Å². The maximum absolute atomic E-state index is 11.8. The molecule has 0 aliphatic heterocycles. The Balaban J connectivity index is 1.67. The van der Waals surface area contributed by atoms with Crippen molar-refractivity contribution in [2.75, 3.05) is 0 Å². The number of amides is 1. The van der Waals surface area contributed by atoms with Crippen molar-refractivity contribution in [1.82, 2.24) is 20.3 Å². The molecule has 1 heterocycles. The van der Waals surface area contributed by atoms with Gasteiger partial charge in [-0.25, -0.2) is 0 Å². The summed E-state index contributed by atoms with van der Waals surface area (Å²) in [6.07, 6.45) is 5.20. The second kappa shape index (κ2) is 9.70. The van der Waals surface area contributed by atoms with Crippen LogP contribution in [-0.4, -0.2) is 26.9 Å². The van der Waals surface area contributed by atoms with Gasteiger partial charge in [0.25, 0.3) is 0 Å². The minimum absolute atomic E-state index is 0.101. The molecule has 130 valence electrons. The molecule has 1 aromatic carbocycles. The molecule has 6 nitrogen and oxygen atoms in total. The van der Waals surface area contributed by atoms with Crippen molar-refractivity contribution in [3.63, 3.8) is 0 Å². The van der Waals surface area contributed by atoms with E-state index in [0.717, 1.165) is 30.7 Å². The van der Waals surface area contributed by atoms with Gasteiger partial charge >= 0.3 is 0 Å². The molecule has 1 amide bonds. The number of carbonyl (C=O) groups is 1. The number of para-hydroxylation sites is 1. The summed E-state index contributed by atoms with van der Waals surface area (Å²) in [4.78, 5) is 11.8. The number of hydrogen-bond acceptors (Lipinski definition) is 4. The van der Waals surface area contributed by atoms with Crippen LogP contribution in [0, 0.1) is 0 Å². The predicted molar refractivity (Wildman–Crippen MR) is 92.5 cm³/mol. The van der Waals surface area contributed by atoms with Crippen LogP contribution in [0.1, 0.15) is 45.2 Å². The molecule has 0 saturated heterocycles. The van der Waals surface area contributed by atoms with Crippen LogP contribution < -0.4 is 10.1 Å². The summed E-state index contributed by atoms with van der Waals surface area (Å²) in [7, 11) is 0. The van der Waals surface area contributed by atoms with Crippen LogP contribution in [0.5, 0.6) is 5.75 Å². The van der Waals surface area contributed by atoms with E-state index in [1.54, 1.807) is 4.68 Å². The molecular weight excluding hydrogens is 304 g/mol. The predicted octanol–water partition coefficient (Wildman–Crippen LogP) is 2.94. The quantitative estimate of drug-likeness (QED) is 0.727. The monoisotopic (exact) mass is 330 g/mol. The second-order valence-electron chi connectivity index (χ2n) is 5.94. The van der Waals surface area contributed by atoms with Crippen molar-refractivity contribution in [3.05, 3.63) is 42.2 Å². The summed E-state index contributed by atoms with van der Waals surface area (Å²) in [5, 5.41) is 11.2. The molecule has 1 aromatic heterocycles. The lowest BCUT2D eigenvalue weighted by molar-refractivity contribution is -0.121. The number of aromatic nitrogens is 3. The summed E-state index contributed by atoms with van der Waals surface area (Å²) in [6.45, 7) is 5.22. The summed E-state index contributed by atoms with van der Waals surface area (Å²) in [5.74, 6) is 0.911. The highest BCUT2D eigenvalue weighted by molar-refractivity contribution is 5.76. The van der Waals surface area contributed by atoms with Crippen molar-refractivity contribution in [2.24, 2.45) is 0 Å². The summed E-state index contributed by atoms with van der Waals surface area (Å²) < 4.78 is 7.39. The fourth-order valence-corrected chi connectivity index (χ4v) is 2.44. The van der Waals surface area contributed by atoms with Crippen LogP contribution >= 0.6 is 0 Å². The smallest absolute Gasteiger partial charge is 0.220 e. The van der Waals surface area contributed by atoms with Gasteiger partial charge in [-0.05, 0) is 31.9 Å². The maximum atomic E-state index is 11.8. The average molecular weight is 330 g/mol. The average Bonchev–Trinajstić information content (AvgIpc) is 3.02. The Kier molecular flexibility index (Phi) is 7.26. The standard InChI is InChI=1S/C18H26N4O2/c1-3-8-15(2)19-18(23)11-7-12-22-13-16(20-21-22)14-24-17-9-5-4-6-10-17/h4-6,9-10,13,15H,3,7-8,11-12,14H2,1-2H3,(H,19,23)/t15-/m0/s1. The normalized spacial score (nSPS) is 11.9. The molecule has 1 atom stereocenters. The molecule has 0 radical (unpaired) electrons. The lowest BCUT2D eigenvalue weighted by Crippen LogP contribution is -2.32. The van der Waals surface area contributed by atoms with Gasteiger partial charge in [0.15, 0.2) is 0 Å². The highest BCUT2D eigenvalue weighted by Crippen LogP contribution is 2.10. The first-order valence-electron chi connectivity index (χ1n) is 8.53. The molecule has 1 N–H and O–H groups in total. The van der Waals surface area contributed by atoms with E-state index in [9.17, 15) is 4.79 Å². The molecule has 24 heavy (non-hydrogen) atoms. The topological polar surface area (TPSA) is 69.0 Å². The molecule has 0 aliphatic rings. The van der Waals surface area contributed by atoms with Gasteiger partial charge in [0.05, 0.1) is 6.20 Å². The zero-order valence-corrected chi connectivity index (χ0v) is 14.4. The number of nitrogens with one attached hydrogen (secondary N) is 1. The summed E-state index contributed by atoms with van der Waals surface area (Å²) in [5.41, 5.74) is 0.778. The third-order valence-corrected chi connectivity index (χ3v) is 3.64. The molecule has 2 aromatic rings. The largest absolute Gasteiger partial charge is 0.487 e. The zero-order valence-electron chi connectivity index (χ0n) is 14.4. The lowest BCUT2D eigenvalue weighted by Gasteiger charge is -2.12. The van der Waals surface area contributed by atoms with Crippen LogP contribution in [-0.2, 0) is 17.9 Å². The fourth-order valence-electron chi connectivity index (χ4n) is 2.44. The van der Waals surface area contributed by atoms with Crippen molar-refractivity contribution in [3.8, 4) is 5.75 Å².